The molecule has 0 spiro atoms. The number of para-hydroxylation sites is 4. The van der Waals surface area contributed by atoms with E-state index >= 15 is 0 Å². The third kappa shape index (κ3) is 30.0. The third-order valence-electron chi connectivity index (χ3n) is 14.7. The van der Waals surface area contributed by atoms with E-state index in [4.69, 9.17) is 18.9 Å². The highest BCUT2D eigenvalue weighted by Gasteiger charge is 2.18. The second kappa shape index (κ2) is 43.2. The van der Waals surface area contributed by atoms with Crippen molar-refractivity contribution in [3.05, 3.63) is 245 Å². The first-order chi connectivity index (χ1) is 45.0. The number of ether oxygens (including phenoxy) is 4. The second-order valence-electron chi connectivity index (χ2n) is 24.8. The highest BCUT2D eigenvalue weighted by molar-refractivity contribution is 9.10. The van der Waals surface area contributed by atoms with Gasteiger partial charge >= 0.3 is 11.9 Å². The van der Waals surface area contributed by atoms with Crippen molar-refractivity contribution in [2.45, 2.75) is 170 Å². The molecule has 0 fully saturated rings. The van der Waals surface area contributed by atoms with Crippen LogP contribution >= 0.6 is 15.9 Å². The Kier molecular flexibility index (Phi) is 35.8. The molecule has 0 N–H and O–H groups in total. The van der Waals surface area contributed by atoms with E-state index in [-0.39, 0.29) is 32.4 Å². The molecule has 0 aliphatic rings. The number of hydrogen-bond donors (Lipinski definition) is 0. The maximum absolute atomic E-state index is 11.8. The van der Waals surface area contributed by atoms with Crippen molar-refractivity contribution in [2.75, 3.05) is 23.0 Å². The lowest BCUT2D eigenvalue weighted by atomic mass is 10.1. The van der Waals surface area contributed by atoms with Gasteiger partial charge in [-0.05, 0) is 187 Å². The fraction of sp³-hybridized carbons (Fsp3) is 0.333. The monoisotopic (exact) mass is 1350 g/mol. The number of halogens is 1. The smallest absolute Gasteiger partial charge is 0.306 e. The van der Waals surface area contributed by atoms with Crippen LogP contribution in [0.1, 0.15) is 197 Å². The first-order valence-corrected chi connectivity index (χ1v) is 33.7. The van der Waals surface area contributed by atoms with Gasteiger partial charge in [0, 0.05) is 51.4 Å². The molecule has 0 bridgehead atoms. The summed E-state index contributed by atoms with van der Waals surface area (Å²) in [6, 6.07) is 69.5. The maximum atomic E-state index is 11.8. The Morgan fingerprint density at radius 2 is 0.695 bits per heavy atom. The van der Waals surface area contributed by atoms with Crippen LogP contribution in [0.3, 0.4) is 0 Å². The maximum Gasteiger partial charge on any atom is 0.306 e. The van der Waals surface area contributed by atoms with E-state index in [0.29, 0.717) is 48.7 Å². The highest BCUT2D eigenvalue weighted by Crippen LogP contribution is 2.36. The zero-order valence-electron chi connectivity index (χ0n) is 55.5. The first kappa shape index (κ1) is 78.6. The normalized spacial score (nSPS) is 10.8. The minimum absolute atomic E-state index is 0. The van der Waals surface area contributed by atoms with Gasteiger partial charge in [0.05, 0.1) is 24.3 Å². The largest absolute Gasteiger partial charge is 0.493 e. The molecule has 0 radical (unpaired) electrons. The average molecular weight is 1350 g/mol. The van der Waals surface area contributed by atoms with Gasteiger partial charge in [-0.1, -0.05) is 223 Å². The number of carbonyl (C=O) groups is 4. The van der Waals surface area contributed by atoms with Gasteiger partial charge in [-0.2, -0.15) is 0 Å². The molecule has 0 atom stereocenters. The van der Waals surface area contributed by atoms with E-state index in [1.165, 1.54) is 6.42 Å². The molecule has 0 saturated heterocycles. The minimum atomic E-state index is -0.410. The molecule has 95 heavy (non-hydrogen) atoms. The fourth-order valence-corrected chi connectivity index (χ4v) is 10.5. The van der Waals surface area contributed by atoms with E-state index in [1.54, 1.807) is 6.07 Å². The van der Waals surface area contributed by atoms with Crippen molar-refractivity contribution in [3.8, 4) is 11.5 Å². The molecule has 11 heteroatoms. The van der Waals surface area contributed by atoms with Crippen LogP contribution < -0.4 is 19.3 Å². The lowest BCUT2D eigenvalue weighted by molar-refractivity contribution is -0.156. The third-order valence-corrected chi connectivity index (χ3v) is 15.2. The summed E-state index contributed by atoms with van der Waals surface area (Å²) in [6.45, 7) is 16.4. The van der Waals surface area contributed by atoms with Gasteiger partial charge in [-0.15, -0.1) is 0 Å². The van der Waals surface area contributed by atoms with Crippen LogP contribution in [0.4, 0.5) is 34.1 Å². The molecule has 8 aromatic carbocycles. The Balaban J connectivity index is 0.000000331. The SMILES string of the molecule is C.C.C=Cc1ccc(N(c2ccccc2)c2ccccc2)cc1.CC(C)(C)OC(=O)CCCCCCCCCOc1cc(/C=C/c2ccc(N(c3ccccc3)c3ccccc3)cc2)ccc1C=O.CC(C)(C)OC(=O)CCCCCCCCCOc1cc(Br)ccc1C=O. The number of nitrogens with zero attached hydrogens (tertiary/aromatic N) is 2. The average Bonchev–Trinajstić information content (AvgIpc) is 0.849. The van der Waals surface area contributed by atoms with Crippen molar-refractivity contribution >= 4 is 92.8 Å². The molecule has 0 saturated carbocycles. The molecule has 8 rings (SSSR count). The number of esters is 2. The second-order valence-corrected chi connectivity index (χ2v) is 25.7. The van der Waals surface area contributed by atoms with Crippen LogP contribution in [0, 0.1) is 0 Å². The van der Waals surface area contributed by atoms with Crippen LogP contribution in [-0.4, -0.2) is 48.9 Å². The molecular formula is C84H103BrN2O8. The zero-order valence-corrected chi connectivity index (χ0v) is 57.1. The number of hydrogen-bond acceptors (Lipinski definition) is 10. The molecule has 0 heterocycles. The van der Waals surface area contributed by atoms with Gasteiger partial charge in [-0.3, -0.25) is 19.2 Å². The Hall–Kier alpha value is -8.80. The number of aldehydes is 2. The summed E-state index contributed by atoms with van der Waals surface area (Å²) in [4.78, 5) is 50.5. The number of rotatable bonds is 33. The first-order valence-electron chi connectivity index (χ1n) is 32.9. The molecule has 0 unspecified atom stereocenters. The molecule has 504 valence electrons. The minimum Gasteiger partial charge on any atom is -0.493 e. The van der Waals surface area contributed by atoms with Gasteiger partial charge in [0.15, 0.2) is 12.6 Å². The van der Waals surface area contributed by atoms with Gasteiger partial charge in [-0.25, -0.2) is 0 Å². The van der Waals surface area contributed by atoms with Crippen LogP contribution in [0.25, 0.3) is 18.2 Å². The van der Waals surface area contributed by atoms with Gasteiger partial charge in [0.25, 0.3) is 0 Å². The van der Waals surface area contributed by atoms with Gasteiger partial charge in [0.2, 0.25) is 0 Å². The van der Waals surface area contributed by atoms with E-state index in [0.717, 1.165) is 151 Å². The Bertz CT molecular complexity index is 3410. The lowest BCUT2D eigenvalue weighted by Gasteiger charge is -2.25. The Labute approximate surface area is 577 Å². The number of anilines is 6. The number of unbranched alkanes of at least 4 members (excludes halogenated alkanes) is 12. The summed E-state index contributed by atoms with van der Waals surface area (Å²) in [5.41, 5.74) is 10.3. The molecule has 8 aromatic rings. The zero-order chi connectivity index (χ0) is 66.5. The van der Waals surface area contributed by atoms with E-state index in [9.17, 15) is 19.2 Å². The number of benzene rings is 8. The molecular weight excluding hydrogens is 1240 g/mol. The van der Waals surface area contributed by atoms with Crippen molar-refractivity contribution in [2.24, 2.45) is 0 Å². The van der Waals surface area contributed by atoms with Crippen molar-refractivity contribution in [1.29, 1.82) is 0 Å². The summed E-state index contributed by atoms with van der Waals surface area (Å²) in [6.07, 6.45) is 23.5. The van der Waals surface area contributed by atoms with E-state index in [1.807, 2.05) is 108 Å². The molecule has 10 nitrogen and oxygen atoms in total. The fourth-order valence-electron chi connectivity index (χ4n) is 10.2. The van der Waals surface area contributed by atoms with Gasteiger partial charge < -0.3 is 28.7 Å². The Morgan fingerprint density at radius 3 is 1.05 bits per heavy atom. The predicted octanol–water partition coefficient (Wildman–Crippen LogP) is 24.2. The summed E-state index contributed by atoms with van der Waals surface area (Å²) in [7, 11) is 0. The standard InChI is InChI=1S/C41H47NO4.C21H31BrO4.C20H17N.2CH4/c1-41(2,3)46-40(44)21-15-7-5-4-6-8-16-30-45-39-31-34(24-27-35(39)32-43)23-22-33-25-28-38(29-26-33)42(36-17-11-9-12-18-36)37-19-13-10-14-20-37;1-21(2,3)26-20(24)11-9-7-5-4-6-8-10-14-25-19-15-18(22)13-12-17(19)16-23;1-2-17-13-15-20(16-14-17)21(18-9-5-3-6-10-18)19-11-7-4-8-12-19;;/h9-14,17-20,22-29,31-32H,4-8,15-16,21,30H2,1-3H3;12-13,15-16H,4-11,14H2,1-3H3;2-16H,1H2;2*1H4/b23-22+;;;;. The molecule has 0 aliphatic carbocycles. The molecule has 0 aromatic heterocycles. The molecule has 0 amide bonds. The highest BCUT2D eigenvalue weighted by atomic mass is 79.9. The van der Waals surface area contributed by atoms with Crippen molar-refractivity contribution < 1.29 is 38.1 Å². The number of carbonyl (C=O) groups excluding carboxylic acids is 4. The van der Waals surface area contributed by atoms with E-state index < -0.39 is 5.60 Å². The van der Waals surface area contributed by atoms with Gasteiger partial charge in [0.1, 0.15) is 22.7 Å². The summed E-state index contributed by atoms with van der Waals surface area (Å²) in [5.74, 6) is 1.05. The quantitative estimate of drug-likeness (QED) is 0.0171. The van der Waals surface area contributed by atoms with Crippen LogP contribution in [0.15, 0.2) is 217 Å². The van der Waals surface area contributed by atoms with Crippen LogP contribution in [0.2, 0.25) is 0 Å². The summed E-state index contributed by atoms with van der Waals surface area (Å²) in [5, 5.41) is 0. The Morgan fingerprint density at radius 1 is 0.389 bits per heavy atom. The topological polar surface area (TPSA) is 112 Å². The lowest BCUT2D eigenvalue weighted by Crippen LogP contribution is -2.23. The van der Waals surface area contributed by atoms with Crippen molar-refractivity contribution in [1.82, 2.24) is 0 Å². The summed E-state index contributed by atoms with van der Waals surface area (Å²) < 4.78 is 23.3. The summed E-state index contributed by atoms with van der Waals surface area (Å²) >= 11 is 3.39. The van der Waals surface area contributed by atoms with E-state index in [2.05, 4.69) is 184 Å². The predicted molar refractivity (Wildman–Crippen MR) is 403 cm³/mol. The van der Waals surface area contributed by atoms with Crippen LogP contribution in [-0.2, 0) is 19.1 Å². The van der Waals surface area contributed by atoms with Crippen LogP contribution in [0.5, 0.6) is 11.5 Å². The van der Waals surface area contributed by atoms with Crippen molar-refractivity contribution in [3.63, 3.8) is 0 Å². The molecule has 0 aliphatic heterocycles.